The van der Waals surface area contributed by atoms with E-state index < -0.39 is 0 Å². The van der Waals surface area contributed by atoms with Crippen LogP contribution in [0.5, 0.6) is 0 Å². The Hall–Kier alpha value is -2.40. The van der Waals surface area contributed by atoms with Crippen molar-refractivity contribution in [2.24, 2.45) is 5.73 Å². The van der Waals surface area contributed by atoms with E-state index in [9.17, 15) is 4.79 Å². The van der Waals surface area contributed by atoms with Gasteiger partial charge in [-0.15, -0.1) is 0 Å². The van der Waals surface area contributed by atoms with Crippen LogP contribution in [0.4, 0.5) is 5.82 Å². The maximum atomic E-state index is 12.3. The van der Waals surface area contributed by atoms with Crippen LogP contribution in [0.2, 0.25) is 0 Å². The highest BCUT2D eigenvalue weighted by Gasteiger charge is 2.15. The molecule has 26 heavy (non-hydrogen) atoms. The molecule has 0 bridgehead atoms. The van der Waals surface area contributed by atoms with Gasteiger partial charge in [0.1, 0.15) is 5.82 Å². The molecule has 0 saturated carbocycles. The number of rotatable bonds is 6. The SMILES string of the molecule is CC(C)c1ccc(C(N)CNC(=O)c2ccc(N3CCCC3)nc2)cc1. The molecule has 138 valence electrons. The first kappa shape index (κ1) is 18.4. The molecule has 3 rings (SSSR count). The lowest BCUT2D eigenvalue weighted by molar-refractivity contribution is 0.0951. The summed E-state index contributed by atoms with van der Waals surface area (Å²) >= 11 is 0. The van der Waals surface area contributed by atoms with Gasteiger partial charge in [-0.05, 0) is 42.0 Å². The minimum atomic E-state index is -0.225. The number of nitrogens with two attached hydrogens (primary N) is 1. The van der Waals surface area contributed by atoms with Gasteiger partial charge in [-0.3, -0.25) is 4.79 Å². The molecule has 0 spiro atoms. The van der Waals surface area contributed by atoms with E-state index in [4.69, 9.17) is 5.73 Å². The zero-order valence-electron chi connectivity index (χ0n) is 15.6. The maximum Gasteiger partial charge on any atom is 0.252 e. The van der Waals surface area contributed by atoms with Gasteiger partial charge >= 0.3 is 0 Å². The minimum absolute atomic E-state index is 0.139. The molecule has 1 aromatic heterocycles. The van der Waals surface area contributed by atoms with E-state index in [1.807, 2.05) is 24.3 Å². The van der Waals surface area contributed by atoms with E-state index in [0.29, 0.717) is 18.0 Å². The van der Waals surface area contributed by atoms with Crippen molar-refractivity contribution in [3.8, 4) is 0 Å². The van der Waals surface area contributed by atoms with Gasteiger partial charge in [-0.25, -0.2) is 4.98 Å². The van der Waals surface area contributed by atoms with Crippen LogP contribution in [-0.4, -0.2) is 30.5 Å². The topological polar surface area (TPSA) is 71.2 Å². The minimum Gasteiger partial charge on any atom is -0.357 e. The lowest BCUT2D eigenvalue weighted by Crippen LogP contribution is -2.32. The average Bonchev–Trinajstić information content (AvgIpc) is 3.21. The molecule has 0 radical (unpaired) electrons. The smallest absolute Gasteiger partial charge is 0.252 e. The molecule has 2 heterocycles. The Labute approximate surface area is 155 Å². The monoisotopic (exact) mass is 352 g/mol. The second-order valence-corrected chi connectivity index (χ2v) is 7.24. The lowest BCUT2D eigenvalue weighted by atomic mass is 9.99. The van der Waals surface area contributed by atoms with Crippen LogP contribution in [0.1, 0.15) is 60.1 Å². The Bertz CT molecular complexity index is 719. The normalized spacial score (nSPS) is 15.3. The molecule has 1 atom stereocenters. The fourth-order valence-electron chi connectivity index (χ4n) is 3.20. The quantitative estimate of drug-likeness (QED) is 0.837. The number of anilines is 1. The van der Waals surface area contributed by atoms with E-state index >= 15 is 0 Å². The second kappa shape index (κ2) is 8.32. The molecule has 5 heteroatoms. The van der Waals surface area contributed by atoms with Gasteiger partial charge in [0.25, 0.3) is 5.91 Å². The molecule has 0 aliphatic carbocycles. The number of hydrogen-bond donors (Lipinski definition) is 2. The molecule has 1 aromatic carbocycles. The van der Waals surface area contributed by atoms with E-state index in [1.54, 1.807) is 6.20 Å². The summed E-state index contributed by atoms with van der Waals surface area (Å²) in [7, 11) is 0. The fourth-order valence-corrected chi connectivity index (χ4v) is 3.20. The Kier molecular flexibility index (Phi) is 5.89. The predicted octanol–water partition coefficient (Wildman–Crippen LogP) is 3.24. The molecule has 1 aliphatic rings. The number of hydrogen-bond acceptors (Lipinski definition) is 4. The summed E-state index contributed by atoms with van der Waals surface area (Å²) in [5.74, 6) is 1.30. The van der Waals surface area contributed by atoms with Gasteiger partial charge in [0, 0.05) is 31.9 Å². The third-order valence-electron chi connectivity index (χ3n) is 4.95. The number of nitrogens with one attached hydrogen (secondary N) is 1. The van der Waals surface area contributed by atoms with Crippen LogP contribution in [0, 0.1) is 0 Å². The molecule has 1 aliphatic heterocycles. The Morgan fingerprint density at radius 2 is 1.77 bits per heavy atom. The van der Waals surface area contributed by atoms with E-state index in [1.165, 1.54) is 18.4 Å². The standard InChI is InChI=1S/C21H28N4O/c1-15(2)16-5-7-17(8-6-16)19(22)14-24-21(26)18-9-10-20(23-13-18)25-11-3-4-12-25/h5-10,13,15,19H,3-4,11-12,14,22H2,1-2H3,(H,24,26). The third-order valence-corrected chi connectivity index (χ3v) is 4.95. The van der Waals surface area contributed by atoms with Crippen LogP contribution in [0.25, 0.3) is 0 Å². The first-order valence-corrected chi connectivity index (χ1v) is 9.39. The van der Waals surface area contributed by atoms with Gasteiger partial charge in [-0.2, -0.15) is 0 Å². The summed E-state index contributed by atoms with van der Waals surface area (Å²) in [4.78, 5) is 19.0. The van der Waals surface area contributed by atoms with Gasteiger partial charge in [0.05, 0.1) is 5.56 Å². The Morgan fingerprint density at radius 3 is 2.35 bits per heavy atom. The number of nitrogens with zero attached hydrogens (tertiary/aromatic N) is 2. The van der Waals surface area contributed by atoms with Gasteiger partial charge in [-0.1, -0.05) is 38.1 Å². The number of aromatic nitrogens is 1. The van der Waals surface area contributed by atoms with E-state index in [0.717, 1.165) is 24.5 Å². The Balaban J connectivity index is 1.54. The summed E-state index contributed by atoms with van der Waals surface area (Å²) in [5, 5.41) is 2.91. The maximum absolute atomic E-state index is 12.3. The molecule has 1 fully saturated rings. The number of carbonyl (C=O) groups is 1. The first-order chi connectivity index (χ1) is 12.5. The summed E-state index contributed by atoms with van der Waals surface area (Å²) in [6.07, 6.45) is 4.06. The summed E-state index contributed by atoms with van der Waals surface area (Å²) in [5.41, 5.74) is 9.09. The van der Waals surface area contributed by atoms with Crippen LogP contribution < -0.4 is 16.0 Å². The Morgan fingerprint density at radius 1 is 1.12 bits per heavy atom. The fraction of sp³-hybridized carbons (Fsp3) is 0.429. The van der Waals surface area contributed by atoms with Gasteiger partial charge < -0.3 is 16.0 Å². The van der Waals surface area contributed by atoms with Crippen molar-refractivity contribution in [3.63, 3.8) is 0 Å². The van der Waals surface area contributed by atoms with Crippen molar-refractivity contribution in [2.75, 3.05) is 24.5 Å². The number of amides is 1. The average molecular weight is 352 g/mol. The third kappa shape index (κ3) is 4.41. The molecule has 2 aromatic rings. The van der Waals surface area contributed by atoms with Crippen molar-refractivity contribution in [1.29, 1.82) is 0 Å². The van der Waals surface area contributed by atoms with Crippen molar-refractivity contribution < 1.29 is 4.79 Å². The van der Waals surface area contributed by atoms with Crippen molar-refractivity contribution in [3.05, 3.63) is 59.3 Å². The van der Waals surface area contributed by atoms with Crippen LogP contribution in [0.3, 0.4) is 0 Å². The number of benzene rings is 1. The summed E-state index contributed by atoms with van der Waals surface area (Å²) in [6, 6.07) is 11.8. The largest absolute Gasteiger partial charge is 0.357 e. The lowest BCUT2D eigenvalue weighted by Gasteiger charge is -2.17. The van der Waals surface area contributed by atoms with Crippen molar-refractivity contribution in [1.82, 2.24) is 10.3 Å². The molecule has 1 amide bonds. The van der Waals surface area contributed by atoms with Gasteiger partial charge in [0.15, 0.2) is 0 Å². The highest BCUT2D eigenvalue weighted by molar-refractivity contribution is 5.94. The van der Waals surface area contributed by atoms with Crippen LogP contribution in [-0.2, 0) is 0 Å². The zero-order chi connectivity index (χ0) is 18.5. The number of carbonyl (C=O) groups excluding carboxylic acids is 1. The molecule has 1 unspecified atom stereocenters. The van der Waals surface area contributed by atoms with Gasteiger partial charge in [0.2, 0.25) is 0 Å². The number of pyridine rings is 1. The van der Waals surface area contributed by atoms with E-state index in [2.05, 4.69) is 41.2 Å². The molecule has 5 nitrogen and oxygen atoms in total. The molecule has 3 N–H and O–H groups in total. The predicted molar refractivity (Wildman–Crippen MR) is 105 cm³/mol. The zero-order valence-corrected chi connectivity index (χ0v) is 15.6. The summed E-state index contributed by atoms with van der Waals surface area (Å²) in [6.45, 7) is 6.82. The van der Waals surface area contributed by atoms with Crippen molar-refractivity contribution >= 4 is 11.7 Å². The van der Waals surface area contributed by atoms with Crippen LogP contribution >= 0.6 is 0 Å². The van der Waals surface area contributed by atoms with Crippen molar-refractivity contribution in [2.45, 2.75) is 38.6 Å². The molecular weight excluding hydrogens is 324 g/mol. The van der Waals surface area contributed by atoms with Crippen LogP contribution in [0.15, 0.2) is 42.6 Å². The highest BCUT2D eigenvalue weighted by Crippen LogP contribution is 2.19. The highest BCUT2D eigenvalue weighted by atomic mass is 16.1. The first-order valence-electron chi connectivity index (χ1n) is 9.39. The summed E-state index contributed by atoms with van der Waals surface area (Å²) < 4.78 is 0. The second-order valence-electron chi connectivity index (χ2n) is 7.24. The molecular formula is C21H28N4O. The molecule has 1 saturated heterocycles. The van der Waals surface area contributed by atoms with E-state index in [-0.39, 0.29) is 11.9 Å².